The Hall–Kier alpha value is -1.16. The van der Waals surface area contributed by atoms with Crippen LogP contribution in [-0.4, -0.2) is 73.6 Å². The van der Waals surface area contributed by atoms with E-state index >= 15 is 0 Å². The van der Waals surface area contributed by atoms with Crippen molar-refractivity contribution in [3.63, 3.8) is 0 Å². The van der Waals surface area contributed by atoms with Crippen LogP contribution in [0.5, 0.6) is 0 Å². The summed E-state index contributed by atoms with van der Waals surface area (Å²) in [6, 6.07) is -0.747. The Kier molecular flexibility index (Phi) is 4.90. The molecule has 3 aliphatic heterocycles. The van der Waals surface area contributed by atoms with Crippen LogP contribution in [0.25, 0.3) is 0 Å². The van der Waals surface area contributed by atoms with Crippen molar-refractivity contribution in [3.8, 4) is 0 Å². The number of nitrogens with one attached hydrogen (secondary N) is 2. The SMILES string of the molecule is C/C(O)=S(\O)N1C(=O)[C@@H]2[C@H]1CCN2C(=O)NC1CCCNCC1. The zero-order chi connectivity index (χ0) is 16.6. The monoisotopic (exact) mass is 344 g/mol. The average Bonchev–Trinajstić information content (AvgIpc) is 2.70. The molecule has 23 heavy (non-hydrogen) atoms. The van der Waals surface area contributed by atoms with Gasteiger partial charge in [0.25, 0.3) is 5.91 Å². The second-order valence-electron chi connectivity index (χ2n) is 6.27. The molecule has 0 bridgehead atoms. The number of aliphatic hydroxyl groups excluding tert-OH is 1. The topological polar surface area (TPSA) is 105 Å². The summed E-state index contributed by atoms with van der Waals surface area (Å²) in [6.07, 6.45) is 3.50. The molecule has 2 unspecified atom stereocenters. The molecule has 130 valence electrons. The quantitative estimate of drug-likeness (QED) is 0.431. The number of amides is 3. The number of aliphatic hydroxyl groups is 1. The minimum atomic E-state index is -1.57. The highest BCUT2D eigenvalue weighted by atomic mass is 32.2. The molecule has 4 N–H and O–H groups in total. The van der Waals surface area contributed by atoms with Gasteiger partial charge in [0.15, 0.2) is 0 Å². The number of β-lactam (4-membered cyclic amide) rings is 1. The van der Waals surface area contributed by atoms with E-state index in [4.69, 9.17) is 0 Å². The summed E-state index contributed by atoms with van der Waals surface area (Å²) in [6.45, 7) is 3.74. The Bertz CT molecular complexity index is 529. The predicted molar refractivity (Wildman–Crippen MR) is 88.3 cm³/mol. The molecule has 3 heterocycles. The van der Waals surface area contributed by atoms with Crippen molar-refractivity contribution in [2.45, 2.75) is 50.7 Å². The molecule has 8 nitrogen and oxygen atoms in total. The van der Waals surface area contributed by atoms with Gasteiger partial charge >= 0.3 is 6.03 Å². The Balaban J connectivity index is 1.61. The molecule has 0 aliphatic carbocycles. The minimum absolute atomic E-state index is 0.142. The van der Waals surface area contributed by atoms with E-state index in [-0.39, 0.29) is 29.1 Å². The fraction of sp³-hybridized carbons (Fsp3) is 0.786. The molecule has 3 rings (SSSR count). The lowest BCUT2D eigenvalue weighted by Gasteiger charge is -2.45. The molecule has 0 aromatic carbocycles. The third kappa shape index (κ3) is 3.10. The van der Waals surface area contributed by atoms with E-state index in [1.807, 2.05) is 0 Å². The van der Waals surface area contributed by atoms with Crippen LogP contribution in [-0.2, 0) is 4.79 Å². The lowest BCUT2D eigenvalue weighted by molar-refractivity contribution is -0.142. The number of nitrogens with zero attached hydrogens (tertiary/aromatic N) is 2. The van der Waals surface area contributed by atoms with Gasteiger partial charge in [0.05, 0.1) is 17.0 Å². The van der Waals surface area contributed by atoms with E-state index < -0.39 is 17.0 Å². The summed E-state index contributed by atoms with van der Waals surface area (Å²) >= 11 is 0. The molecule has 3 aliphatic rings. The molecule has 3 fully saturated rings. The maximum Gasteiger partial charge on any atom is 0.318 e. The minimum Gasteiger partial charge on any atom is -0.356 e. The summed E-state index contributed by atoms with van der Waals surface area (Å²) in [5.74, 6) is -0.288. The van der Waals surface area contributed by atoms with E-state index in [0.29, 0.717) is 13.0 Å². The van der Waals surface area contributed by atoms with Gasteiger partial charge in [-0.25, -0.2) is 4.79 Å². The molecule has 0 radical (unpaired) electrons. The standard InChI is InChI=1S/C14H24N4O4S/c1-9(19)23(22)18-11-5-8-17(12(11)13(18)20)14(21)16-10-3-2-6-15-7-4-10/h10-12,15,19,22H,2-8H2,1H3,(H,16,21)/t10?,11-,12+,23?/m1/s1. The van der Waals surface area contributed by atoms with Crippen molar-refractivity contribution >= 4 is 27.9 Å². The number of fused-ring (bicyclic) bond motifs is 1. The van der Waals surface area contributed by atoms with E-state index in [0.717, 1.165) is 32.4 Å². The zero-order valence-corrected chi connectivity index (χ0v) is 14.0. The van der Waals surface area contributed by atoms with Gasteiger partial charge in [-0.2, -0.15) is 0 Å². The van der Waals surface area contributed by atoms with Crippen molar-refractivity contribution in [2.75, 3.05) is 19.6 Å². The zero-order valence-electron chi connectivity index (χ0n) is 13.2. The van der Waals surface area contributed by atoms with Crippen LogP contribution >= 0.6 is 11.0 Å². The molecule has 0 spiro atoms. The fourth-order valence-corrected chi connectivity index (χ4v) is 4.58. The normalized spacial score (nSPS) is 32.7. The smallest absolute Gasteiger partial charge is 0.318 e. The maximum absolute atomic E-state index is 12.5. The van der Waals surface area contributed by atoms with Crippen LogP contribution in [0, 0.1) is 0 Å². The third-order valence-electron chi connectivity index (χ3n) is 4.75. The maximum atomic E-state index is 12.5. The molecule has 9 heteroatoms. The number of hydrogen-bond acceptors (Lipinski definition) is 4. The van der Waals surface area contributed by atoms with Crippen molar-refractivity contribution < 1.29 is 19.2 Å². The highest BCUT2D eigenvalue weighted by Crippen LogP contribution is 2.40. The van der Waals surface area contributed by atoms with Crippen molar-refractivity contribution in [2.24, 2.45) is 0 Å². The van der Waals surface area contributed by atoms with Gasteiger partial charge in [-0.1, -0.05) is 0 Å². The summed E-state index contributed by atoms with van der Waals surface area (Å²) in [5, 5.41) is 15.6. The fourth-order valence-electron chi connectivity index (χ4n) is 3.54. The number of carbonyl (C=O) groups excluding carboxylic acids is 2. The average molecular weight is 344 g/mol. The molecule has 0 aromatic heterocycles. The first kappa shape index (κ1) is 16.7. The van der Waals surface area contributed by atoms with Gasteiger partial charge in [-0.05, 0) is 45.7 Å². The van der Waals surface area contributed by atoms with Crippen LogP contribution in [0.3, 0.4) is 0 Å². The Morgan fingerprint density at radius 2 is 2.13 bits per heavy atom. The summed E-state index contributed by atoms with van der Waals surface area (Å²) < 4.78 is 11.2. The van der Waals surface area contributed by atoms with Gasteiger partial charge in [0.1, 0.15) is 11.1 Å². The van der Waals surface area contributed by atoms with Crippen LogP contribution < -0.4 is 10.6 Å². The number of hydrogen-bond donors (Lipinski definition) is 4. The molecular weight excluding hydrogens is 320 g/mol. The lowest BCUT2D eigenvalue weighted by atomic mass is 10.0. The van der Waals surface area contributed by atoms with E-state index in [9.17, 15) is 19.2 Å². The highest BCUT2D eigenvalue weighted by molar-refractivity contribution is 8.09. The van der Waals surface area contributed by atoms with Gasteiger partial charge in [0.2, 0.25) is 0 Å². The van der Waals surface area contributed by atoms with E-state index in [2.05, 4.69) is 10.6 Å². The van der Waals surface area contributed by atoms with Gasteiger partial charge in [-0.3, -0.25) is 9.10 Å². The molecule has 3 saturated heterocycles. The summed E-state index contributed by atoms with van der Waals surface area (Å²) in [4.78, 5) is 26.3. The van der Waals surface area contributed by atoms with Gasteiger partial charge < -0.3 is 25.2 Å². The second kappa shape index (κ2) is 6.76. The first-order valence-corrected chi connectivity index (χ1v) is 9.21. The first-order chi connectivity index (χ1) is 11.0. The van der Waals surface area contributed by atoms with Crippen molar-refractivity contribution in [1.82, 2.24) is 19.8 Å². The number of likely N-dealkylation sites (tertiary alicyclic amines) is 1. The molecular formula is C14H24N4O4S. The second-order valence-corrected chi connectivity index (χ2v) is 7.78. The van der Waals surface area contributed by atoms with E-state index in [1.54, 1.807) is 4.90 Å². The predicted octanol–water partition coefficient (Wildman–Crippen LogP) is 0.488. The Morgan fingerprint density at radius 1 is 1.35 bits per heavy atom. The molecule has 0 aromatic rings. The highest BCUT2D eigenvalue weighted by Gasteiger charge is 2.57. The summed E-state index contributed by atoms with van der Waals surface area (Å²) in [5.41, 5.74) is 0. The number of rotatable bonds is 2. The first-order valence-electron chi connectivity index (χ1n) is 8.07. The van der Waals surface area contributed by atoms with Crippen molar-refractivity contribution in [3.05, 3.63) is 0 Å². The van der Waals surface area contributed by atoms with Crippen LogP contribution in [0.2, 0.25) is 0 Å². The van der Waals surface area contributed by atoms with Gasteiger partial charge in [-0.15, -0.1) is 0 Å². The lowest BCUT2D eigenvalue weighted by Crippen LogP contribution is -2.66. The van der Waals surface area contributed by atoms with Crippen LogP contribution in [0.1, 0.15) is 32.6 Å². The number of carbonyl (C=O) groups is 2. The van der Waals surface area contributed by atoms with Crippen LogP contribution in [0.15, 0.2) is 0 Å². The van der Waals surface area contributed by atoms with Gasteiger partial charge in [0, 0.05) is 12.6 Å². The summed E-state index contributed by atoms with van der Waals surface area (Å²) in [7, 11) is -1.57. The molecule has 4 atom stereocenters. The van der Waals surface area contributed by atoms with E-state index in [1.165, 1.54) is 11.2 Å². The Labute approximate surface area is 138 Å². The van der Waals surface area contributed by atoms with Crippen molar-refractivity contribution in [1.29, 1.82) is 0 Å². The number of urea groups is 1. The third-order valence-corrected chi connectivity index (χ3v) is 6.10. The largest absolute Gasteiger partial charge is 0.356 e. The Morgan fingerprint density at radius 3 is 2.87 bits per heavy atom. The van der Waals surface area contributed by atoms with Crippen LogP contribution in [0.4, 0.5) is 4.79 Å². The molecule has 0 saturated carbocycles. The molecule has 3 amide bonds.